The van der Waals surface area contributed by atoms with E-state index in [1.165, 1.54) is 0 Å². The number of nitrogens with zero attached hydrogens (tertiary/aromatic N) is 3. The molecule has 0 saturated heterocycles. The number of hydrogen-bond donors (Lipinski definition) is 3. The van der Waals surface area contributed by atoms with Crippen LogP contribution in [0.3, 0.4) is 0 Å². The highest BCUT2D eigenvalue weighted by atomic mass is 16.1. The second-order valence-corrected chi connectivity index (χ2v) is 5.36. The van der Waals surface area contributed by atoms with Gasteiger partial charge in [-0.3, -0.25) is 25.2 Å². The van der Waals surface area contributed by atoms with Crippen molar-refractivity contribution < 1.29 is 0 Å². The van der Waals surface area contributed by atoms with Gasteiger partial charge in [-0.2, -0.15) is 5.10 Å². The number of H-pyrrole nitrogens is 1. The Morgan fingerprint density at radius 3 is 2.76 bits per heavy atom. The van der Waals surface area contributed by atoms with Gasteiger partial charge in [-0.25, -0.2) is 0 Å². The van der Waals surface area contributed by atoms with Crippen molar-refractivity contribution in [3.8, 4) is 11.3 Å². The Balaban J connectivity index is 2.34. The van der Waals surface area contributed by atoms with E-state index in [1.807, 2.05) is 26.8 Å². The highest BCUT2D eigenvalue weighted by molar-refractivity contribution is 6.05. The molecule has 0 aliphatic carbocycles. The average molecular weight is 286 g/mol. The lowest BCUT2D eigenvalue weighted by Crippen LogP contribution is -2.38. The van der Waals surface area contributed by atoms with E-state index in [9.17, 15) is 4.79 Å². The van der Waals surface area contributed by atoms with Crippen molar-refractivity contribution in [2.45, 2.75) is 33.1 Å². The SMILES string of the molecule is CC1=NC(N)Nc2c1cc(-c1ccn[nH]1)c(=O)n2C(C)C. The molecule has 7 nitrogen and oxygen atoms in total. The molecular weight excluding hydrogens is 268 g/mol. The Labute approximate surface area is 121 Å². The molecule has 3 rings (SSSR count). The molecular formula is C14H18N6O. The Bertz CT molecular complexity index is 757. The third-order valence-corrected chi connectivity index (χ3v) is 3.55. The van der Waals surface area contributed by atoms with Crippen LogP contribution in [0.1, 0.15) is 32.4 Å². The van der Waals surface area contributed by atoms with Crippen LogP contribution in [-0.4, -0.2) is 26.8 Å². The molecule has 4 N–H and O–H groups in total. The molecule has 0 aromatic carbocycles. The minimum absolute atomic E-state index is 0.000258. The molecule has 2 aromatic heterocycles. The lowest BCUT2D eigenvalue weighted by molar-refractivity contribution is 0.577. The second kappa shape index (κ2) is 4.85. The summed E-state index contributed by atoms with van der Waals surface area (Å²) in [5.74, 6) is 0.721. The molecule has 3 heterocycles. The zero-order valence-corrected chi connectivity index (χ0v) is 12.2. The van der Waals surface area contributed by atoms with Crippen molar-refractivity contribution >= 4 is 11.5 Å². The summed E-state index contributed by atoms with van der Waals surface area (Å²) in [5.41, 5.74) is 8.75. The monoisotopic (exact) mass is 286 g/mol. The number of rotatable bonds is 2. The molecule has 0 fully saturated rings. The highest BCUT2D eigenvalue weighted by Gasteiger charge is 2.23. The van der Waals surface area contributed by atoms with Gasteiger partial charge in [0.2, 0.25) is 0 Å². The second-order valence-electron chi connectivity index (χ2n) is 5.36. The number of nitrogens with one attached hydrogen (secondary N) is 2. The van der Waals surface area contributed by atoms with Crippen LogP contribution in [0, 0.1) is 0 Å². The van der Waals surface area contributed by atoms with Crippen LogP contribution >= 0.6 is 0 Å². The molecule has 110 valence electrons. The average Bonchev–Trinajstić information content (AvgIpc) is 2.91. The van der Waals surface area contributed by atoms with Gasteiger partial charge in [-0.05, 0) is 32.9 Å². The van der Waals surface area contributed by atoms with Crippen molar-refractivity contribution in [3.05, 3.63) is 34.2 Å². The van der Waals surface area contributed by atoms with Crippen LogP contribution in [0.15, 0.2) is 28.1 Å². The summed E-state index contributed by atoms with van der Waals surface area (Å²) in [5, 5.41) is 9.84. The molecule has 0 amide bonds. The van der Waals surface area contributed by atoms with Crippen LogP contribution in [0.4, 0.5) is 5.82 Å². The Morgan fingerprint density at radius 2 is 2.14 bits per heavy atom. The summed E-state index contributed by atoms with van der Waals surface area (Å²) >= 11 is 0. The molecule has 1 aliphatic heterocycles. The summed E-state index contributed by atoms with van der Waals surface area (Å²) in [6.07, 6.45) is 1.10. The molecule has 0 saturated carbocycles. The number of nitrogens with two attached hydrogens (primary N) is 1. The topological polar surface area (TPSA) is 101 Å². The fourth-order valence-electron chi connectivity index (χ4n) is 2.60. The van der Waals surface area contributed by atoms with E-state index in [1.54, 1.807) is 16.8 Å². The van der Waals surface area contributed by atoms with Gasteiger partial charge in [0.25, 0.3) is 5.56 Å². The molecule has 2 aromatic rings. The number of aromatic amines is 1. The first-order valence-electron chi connectivity index (χ1n) is 6.85. The zero-order valence-electron chi connectivity index (χ0n) is 12.2. The van der Waals surface area contributed by atoms with Crippen molar-refractivity contribution in [3.63, 3.8) is 0 Å². The summed E-state index contributed by atoms with van der Waals surface area (Å²) in [4.78, 5) is 17.1. The Kier molecular flexibility index (Phi) is 3.13. The largest absolute Gasteiger partial charge is 0.337 e. The van der Waals surface area contributed by atoms with Crippen LogP contribution < -0.4 is 16.6 Å². The summed E-state index contributed by atoms with van der Waals surface area (Å²) in [6, 6.07) is 3.61. The first-order valence-corrected chi connectivity index (χ1v) is 6.85. The first-order chi connectivity index (χ1) is 9.99. The summed E-state index contributed by atoms with van der Waals surface area (Å²) in [7, 11) is 0. The molecule has 0 spiro atoms. The number of aromatic nitrogens is 3. The number of fused-ring (bicyclic) bond motifs is 1. The van der Waals surface area contributed by atoms with Gasteiger partial charge in [0.1, 0.15) is 5.82 Å². The van der Waals surface area contributed by atoms with Gasteiger partial charge >= 0.3 is 0 Å². The number of hydrogen-bond acceptors (Lipinski definition) is 5. The van der Waals surface area contributed by atoms with Gasteiger partial charge < -0.3 is 5.32 Å². The van der Waals surface area contributed by atoms with E-state index in [0.29, 0.717) is 11.3 Å². The summed E-state index contributed by atoms with van der Waals surface area (Å²) in [6.45, 7) is 5.82. The molecule has 21 heavy (non-hydrogen) atoms. The molecule has 0 bridgehead atoms. The van der Waals surface area contributed by atoms with Crippen LogP contribution in [0.5, 0.6) is 0 Å². The van der Waals surface area contributed by atoms with Crippen molar-refractivity contribution in [2.24, 2.45) is 10.7 Å². The molecule has 7 heteroatoms. The quantitative estimate of drug-likeness (QED) is 0.774. The summed E-state index contributed by atoms with van der Waals surface area (Å²) < 4.78 is 1.71. The Morgan fingerprint density at radius 1 is 1.38 bits per heavy atom. The normalized spacial score (nSPS) is 17.4. The number of pyridine rings is 1. The van der Waals surface area contributed by atoms with Crippen LogP contribution in [-0.2, 0) is 0 Å². The van der Waals surface area contributed by atoms with E-state index in [2.05, 4.69) is 20.5 Å². The van der Waals surface area contributed by atoms with Crippen molar-refractivity contribution in [1.82, 2.24) is 14.8 Å². The van der Waals surface area contributed by atoms with Crippen molar-refractivity contribution in [2.75, 3.05) is 5.32 Å². The standard InChI is InChI=1S/C14H18N6O/c1-7(2)20-12-9(8(3)17-14(15)18-12)6-10(13(20)21)11-4-5-16-19-11/h4-7,14,18H,15H2,1-3H3,(H,16,19). The van der Waals surface area contributed by atoms with Crippen LogP contribution in [0.25, 0.3) is 11.3 Å². The van der Waals surface area contributed by atoms with E-state index in [0.717, 1.165) is 17.1 Å². The number of anilines is 1. The maximum absolute atomic E-state index is 12.8. The smallest absolute Gasteiger partial charge is 0.261 e. The molecule has 1 aliphatic rings. The predicted molar refractivity (Wildman–Crippen MR) is 82.5 cm³/mol. The molecule has 1 atom stereocenters. The minimum atomic E-state index is -0.528. The van der Waals surface area contributed by atoms with Crippen molar-refractivity contribution in [1.29, 1.82) is 0 Å². The lowest BCUT2D eigenvalue weighted by atomic mass is 10.0. The zero-order chi connectivity index (χ0) is 15.1. The molecule has 1 unspecified atom stereocenters. The van der Waals surface area contributed by atoms with E-state index < -0.39 is 6.29 Å². The van der Waals surface area contributed by atoms with Gasteiger partial charge in [0.15, 0.2) is 6.29 Å². The van der Waals surface area contributed by atoms with Gasteiger partial charge in [-0.15, -0.1) is 0 Å². The predicted octanol–water partition coefficient (Wildman–Crippen LogP) is 1.30. The lowest BCUT2D eigenvalue weighted by Gasteiger charge is -2.27. The number of aliphatic imine (C=N–C) groups is 1. The molecule has 0 radical (unpaired) electrons. The van der Waals surface area contributed by atoms with Gasteiger partial charge in [-0.1, -0.05) is 0 Å². The first kappa shape index (κ1) is 13.6. The minimum Gasteiger partial charge on any atom is -0.337 e. The van der Waals surface area contributed by atoms with Gasteiger partial charge in [0, 0.05) is 23.5 Å². The van der Waals surface area contributed by atoms with Gasteiger partial charge in [0.05, 0.1) is 11.3 Å². The maximum atomic E-state index is 12.8. The maximum Gasteiger partial charge on any atom is 0.261 e. The van der Waals surface area contributed by atoms with E-state index in [-0.39, 0.29) is 11.6 Å². The Hall–Kier alpha value is -2.41. The van der Waals surface area contributed by atoms with E-state index in [4.69, 9.17) is 5.73 Å². The third-order valence-electron chi connectivity index (χ3n) is 3.55. The fraction of sp³-hybridized carbons (Fsp3) is 0.357. The third kappa shape index (κ3) is 2.15. The fourth-order valence-corrected chi connectivity index (χ4v) is 2.60. The van der Waals surface area contributed by atoms with E-state index >= 15 is 0 Å². The highest BCUT2D eigenvalue weighted by Crippen LogP contribution is 2.26. The van der Waals surface area contributed by atoms with Crippen LogP contribution in [0.2, 0.25) is 0 Å².